The third-order valence-electron chi connectivity index (χ3n) is 4.42. The Kier molecular flexibility index (Phi) is 4.81. The number of carbonyl (C=O) groups excluding carboxylic acids is 2. The lowest BCUT2D eigenvalue weighted by Gasteiger charge is -2.36. The Morgan fingerprint density at radius 1 is 1.16 bits per heavy atom. The van der Waals surface area contributed by atoms with Gasteiger partial charge in [-0.15, -0.1) is 0 Å². The summed E-state index contributed by atoms with van der Waals surface area (Å²) in [4.78, 5) is 26.4. The van der Waals surface area contributed by atoms with Crippen LogP contribution in [-0.2, 0) is 9.59 Å². The SMILES string of the molecule is O=C(C1CCN(C(=O)C(F)(F)F)CC1)N1CCOc2ccc(Cl)cc21. The number of alkyl halides is 3. The van der Waals surface area contributed by atoms with Crippen LogP contribution in [-0.4, -0.2) is 49.1 Å². The Morgan fingerprint density at radius 3 is 2.48 bits per heavy atom. The summed E-state index contributed by atoms with van der Waals surface area (Å²) in [5.74, 6) is -1.90. The molecular formula is C16H16ClF3N2O3. The summed E-state index contributed by atoms with van der Waals surface area (Å²) in [6.45, 7) is 0.530. The summed E-state index contributed by atoms with van der Waals surface area (Å²) in [6.07, 6.45) is -4.47. The van der Waals surface area contributed by atoms with E-state index in [1.807, 2.05) is 0 Å². The summed E-state index contributed by atoms with van der Waals surface area (Å²) in [5, 5.41) is 0.465. The molecule has 25 heavy (non-hydrogen) atoms. The molecular weight excluding hydrogens is 361 g/mol. The number of amides is 2. The highest BCUT2D eigenvalue weighted by Crippen LogP contribution is 2.36. The Hall–Kier alpha value is -1.96. The van der Waals surface area contributed by atoms with Gasteiger partial charge in [-0.25, -0.2) is 0 Å². The van der Waals surface area contributed by atoms with Crippen LogP contribution in [0.4, 0.5) is 18.9 Å². The zero-order chi connectivity index (χ0) is 18.2. The van der Waals surface area contributed by atoms with Crippen molar-refractivity contribution in [3.8, 4) is 5.75 Å². The second-order valence-corrected chi connectivity index (χ2v) is 6.45. The molecule has 0 N–H and O–H groups in total. The molecule has 0 radical (unpaired) electrons. The molecule has 136 valence electrons. The molecule has 0 bridgehead atoms. The van der Waals surface area contributed by atoms with Crippen LogP contribution in [0.25, 0.3) is 0 Å². The average molecular weight is 377 g/mol. The van der Waals surface area contributed by atoms with Crippen LogP contribution in [0.5, 0.6) is 5.75 Å². The van der Waals surface area contributed by atoms with Crippen LogP contribution in [0, 0.1) is 5.92 Å². The number of benzene rings is 1. The summed E-state index contributed by atoms with van der Waals surface area (Å²) >= 11 is 5.98. The normalized spacial score (nSPS) is 18.6. The molecule has 2 heterocycles. The van der Waals surface area contributed by atoms with Gasteiger partial charge in [-0.3, -0.25) is 9.59 Å². The number of hydrogen-bond donors (Lipinski definition) is 0. The van der Waals surface area contributed by atoms with E-state index in [1.165, 1.54) is 0 Å². The molecule has 0 spiro atoms. The molecule has 0 unspecified atom stereocenters. The minimum atomic E-state index is -4.88. The van der Waals surface area contributed by atoms with Crippen LogP contribution >= 0.6 is 11.6 Å². The number of fused-ring (bicyclic) bond motifs is 1. The van der Waals surface area contributed by atoms with Gasteiger partial charge in [0.1, 0.15) is 12.4 Å². The Labute approximate surface area is 147 Å². The number of likely N-dealkylation sites (tertiary alicyclic amines) is 1. The van der Waals surface area contributed by atoms with E-state index >= 15 is 0 Å². The Balaban J connectivity index is 1.68. The molecule has 2 aliphatic rings. The van der Waals surface area contributed by atoms with Gasteiger partial charge in [-0.2, -0.15) is 13.2 Å². The Morgan fingerprint density at radius 2 is 1.84 bits per heavy atom. The number of ether oxygens (including phenoxy) is 1. The lowest BCUT2D eigenvalue weighted by molar-refractivity contribution is -0.186. The summed E-state index contributed by atoms with van der Waals surface area (Å²) in [5.41, 5.74) is 0.567. The molecule has 2 aliphatic heterocycles. The highest BCUT2D eigenvalue weighted by Gasteiger charge is 2.44. The minimum absolute atomic E-state index is 0.0819. The van der Waals surface area contributed by atoms with Gasteiger partial charge >= 0.3 is 12.1 Å². The number of nitrogens with zero attached hydrogens (tertiary/aromatic N) is 2. The van der Waals surface area contributed by atoms with Gasteiger partial charge in [0, 0.05) is 24.0 Å². The predicted octanol–water partition coefficient (Wildman–Crippen LogP) is 2.87. The van der Waals surface area contributed by atoms with Crippen LogP contribution in [0.15, 0.2) is 18.2 Å². The van der Waals surface area contributed by atoms with Crippen molar-refractivity contribution < 1.29 is 27.5 Å². The molecule has 1 aromatic rings. The molecule has 5 nitrogen and oxygen atoms in total. The van der Waals surface area contributed by atoms with E-state index in [9.17, 15) is 22.8 Å². The maximum absolute atomic E-state index is 12.8. The molecule has 1 fully saturated rings. The lowest BCUT2D eigenvalue weighted by Crippen LogP contribution is -2.49. The van der Waals surface area contributed by atoms with Crippen LogP contribution in [0.2, 0.25) is 5.02 Å². The van der Waals surface area contributed by atoms with E-state index in [0.717, 1.165) is 4.90 Å². The van der Waals surface area contributed by atoms with E-state index in [4.69, 9.17) is 16.3 Å². The quantitative estimate of drug-likeness (QED) is 0.757. The maximum atomic E-state index is 12.8. The van der Waals surface area contributed by atoms with Gasteiger partial charge in [-0.05, 0) is 31.0 Å². The summed E-state index contributed by atoms with van der Waals surface area (Å²) < 4.78 is 43.0. The standard InChI is InChI=1S/C16H16ClF3N2O3/c17-11-1-2-13-12(9-11)22(7-8-25-13)14(23)10-3-5-21(6-4-10)15(24)16(18,19)20/h1-2,9-10H,3-8H2. The van der Waals surface area contributed by atoms with E-state index < -0.39 is 18.0 Å². The number of carbonyl (C=O) groups is 2. The van der Waals surface area contributed by atoms with Gasteiger partial charge in [0.15, 0.2) is 0 Å². The molecule has 9 heteroatoms. The zero-order valence-electron chi connectivity index (χ0n) is 13.2. The van der Waals surface area contributed by atoms with Crippen LogP contribution in [0.3, 0.4) is 0 Å². The fourth-order valence-corrected chi connectivity index (χ4v) is 3.32. The topological polar surface area (TPSA) is 49.9 Å². The third-order valence-corrected chi connectivity index (χ3v) is 4.66. The smallest absolute Gasteiger partial charge is 0.471 e. The molecule has 0 saturated carbocycles. The number of hydrogen-bond acceptors (Lipinski definition) is 3. The van der Waals surface area contributed by atoms with Gasteiger partial charge in [0.2, 0.25) is 5.91 Å². The fraction of sp³-hybridized carbons (Fsp3) is 0.500. The number of anilines is 1. The summed E-state index contributed by atoms with van der Waals surface area (Å²) in [7, 11) is 0. The van der Waals surface area contributed by atoms with Gasteiger partial charge in [0.05, 0.1) is 12.2 Å². The predicted molar refractivity (Wildman–Crippen MR) is 84.7 cm³/mol. The third kappa shape index (κ3) is 3.68. The van der Waals surface area contributed by atoms with E-state index in [1.54, 1.807) is 23.1 Å². The molecule has 1 aromatic carbocycles. The Bertz CT molecular complexity index is 688. The first kappa shape index (κ1) is 17.8. The van der Waals surface area contributed by atoms with Crippen molar-refractivity contribution in [2.75, 3.05) is 31.1 Å². The molecule has 1 saturated heterocycles. The highest BCUT2D eigenvalue weighted by atomic mass is 35.5. The fourth-order valence-electron chi connectivity index (χ4n) is 3.15. The highest BCUT2D eigenvalue weighted by molar-refractivity contribution is 6.31. The molecule has 0 atom stereocenters. The van der Waals surface area contributed by atoms with E-state index in [-0.39, 0.29) is 31.8 Å². The van der Waals surface area contributed by atoms with Crippen molar-refractivity contribution in [3.63, 3.8) is 0 Å². The van der Waals surface area contributed by atoms with E-state index in [0.29, 0.717) is 29.6 Å². The largest absolute Gasteiger partial charge is 0.490 e. The lowest BCUT2D eigenvalue weighted by atomic mass is 9.94. The summed E-state index contributed by atoms with van der Waals surface area (Å²) in [6, 6.07) is 4.98. The van der Waals surface area contributed by atoms with Gasteiger partial charge in [0.25, 0.3) is 0 Å². The second kappa shape index (κ2) is 6.74. The van der Waals surface area contributed by atoms with Crippen molar-refractivity contribution >= 4 is 29.1 Å². The minimum Gasteiger partial charge on any atom is -0.490 e. The number of piperidine rings is 1. The van der Waals surface area contributed by atoms with E-state index in [2.05, 4.69) is 0 Å². The maximum Gasteiger partial charge on any atom is 0.471 e. The van der Waals surface area contributed by atoms with Crippen molar-refractivity contribution in [2.45, 2.75) is 19.0 Å². The van der Waals surface area contributed by atoms with Crippen molar-refractivity contribution in [3.05, 3.63) is 23.2 Å². The number of halogens is 4. The molecule has 0 aliphatic carbocycles. The first-order valence-electron chi connectivity index (χ1n) is 7.87. The van der Waals surface area contributed by atoms with Gasteiger partial charge in [-0.1, -0.05) is 11.6 Å². The van der Waals surface area contributed by atoms with Crippen molar-refractivity contribution in [1.29, 1.82) is 0 Å². The number of rotatable bonds is 1. The molecule has 2 amide bonds. The van der Waals surface area contributed by atoms with Gasteiger partial charge < -0.3 is 14.5 Å². The van der Waals surface area contributed by atoms with Crippen LogP contribution in [0.1, 0.15) is 12.8 Å². The monoisotopic (exact) mass is 376 g/mol. The van der Waals surface area contributed by atoms with Crippen molar-refractivity contribution in [2.24, 2.45) is 5.92 Å². The second-order valence-electron chi connectivity index (χ2n) is 6.01. The van der Waals surface area contributed by atoms with Crippen molar-refractivity contribution in [1.82, 2.24) is 4.90 Å². The molecule has 3 rings (SSSR count). The average Bonchev–Trinajstić information content (AvgIpc) is 2.59. The first-order chi connectivity index (χ1) is 11.8. The van der Waals surface area contributed by atoms with Crippen LogP contribution < -0.4 is 9.64 Å². The zero-order valence-corrected chi connectivity index (χ0v) is 13.9. The molecule has 0 aromatic heterocycles. The first-order valence-corrected chi connectivity index (χ1v) is 8.25.